The van der Waals surface area contributed by atoms with Gasteiger partial charge in [-0.25, -0.2) is 4.39 Å². The smallest absolute Gasteiger partial charge is 0.225 e. The lowest BCUT2D eigenvalue weighted by Gasteiger charge is -2.32. The highest BCUT2D eigenvalue weighted by atomic mass is 19.1. The van der Waals surface area contributed by atoms with Crippen molar-refractivity contribution in [3.8, 4) is 6.07 Å². The highest BCUT2D eigenvalue weighted by Gasteiger charge is 2.36. The average Bonchev–Trinajstić information content (AvgIpc) is 2.72. The predicted molar refractivity (Wildman–Crippen MR) is 74.6 cm³/mol. The second-order valence-electron chi connectivity index (χ2n) is 6.02. The monoisotopic (exact) mass is 275 g/mol. The topological polar surface area (TPSA) is 56.1 Å². The maximum atomic E-state index is 13.1. The Bertz CT molecular complexity index is 571. The first-order chi connectivity index (χ1) is 9.31. The van der Waals surface area contributed by atoms with Crippen molar-refractivity contribution in [2.24, 2.45) is 0 Å². The molecule has 0 aliphatic carbocycles. The molecule has 0 bridgehead atoms. The quantitative estimate of drug-likeness (QED) is 0.902. The van der Waals surface area contributed by atoms with Gasteiger partial charge in [-0.3, -0.25) is 4.79 Å². The molecule has 2 rings (SSSR count). The Labute approximate surface area is 118 Å². The number of amides is 1. The Kier molecular flexibility index (Phi) is 3.67. The van der Waals surface area contributed by atoms with Gasteiger partial charge in [0.05, 0.1) is 17.3 Å². The first kappa shape index (κ1) is 14.3. The van der Waals surface area contributed by atoms with Crippen molar-refractivity contribution in [2.45, 2.75) is 38.8 Å². The second-order valence-corrected chi connectivity index (χ2v) is 6.02. The van der Waals surface area contributed by atoms with Crippen LogP contribution in [0.25, 0.3) is 0 Å². The molecule has 20 heavy (non-hydrogen) atoms. The molecule has 0 saturated carbocycles. The molecule has 1 fully saturated rings. The largest absolute Gasteiger partial charge is 0.379 e. The molecule has 5 heteroatoms. The molecule has 1 saturated heterocycles. The van der Waals surface area contributed by atoms with Gasteiger partial charge in [0.25, 0.3) is 0 Å². The van der Waals surface area contributed by atoms with Gasteiger partial charge < -0.3 is 10.2 Å². The maximum absolute atomic E-state index is 13.1. The fraction of sp³-hybridized carbons (Fsp3) is 0.467. The minimum atomic E-state index is -0.439. The fourth-order valence-electron chi connectivity index (χ4n) is 2.41. The highest BCUT2D eigenvalue weighted by molar-refractivity contribution is 5.81. The van der Waals surface area contributed by atoms with Crippen LogP contribution in [0, 0.1) is 17.1 Å². The van der Waals surface area contributed by atoms with E-state index in [4.69, 9.17) is 5.26 Å². The number of rotatable bonds is 2. The third-order valence-electron chi connectivity index (χ3n) is 3.40. The van der Waals surface area contributed by atoms with Crippen molar-refractivity contribution in [2.75, 3.05) is 11.9 Å². The molecule has 1 unspecified atom stereocenters. The Balaban J connectivity index is 2.13. The predicted octanol–water partition coefficient (Wildman–Crippen LogP) is 2.51. The zero-order valence-electron chi connectivity index (χ0n) is 11.9. The molecule has 0 aromatic heterocycles. The summed E-state index contributed by atoms with van der Waals surface area (Å²) < 4.78 is 13.1. The van der Waals surface area contributed by atoms with Gasteiger partial charge in [-0.1, -0.05) is 0 Å². The van der Waals surface area contributed by atoms with Gasteiger partial charge in [-0.2, -0.15) is 5.26 Å². The molecule has 1 amide bonds. The van der Waals surface area contributed by atoms with Gasteiger partial charge in [0.15, 0.2) is 0 Å². The SMILES string of the molecule is CC(C)(C)N1CC(Nc2ccc(F)cc2C#N)CC1=O. The summed E-state index contributed by atoms with van der Waals surface area (Å²) >= 11 is 0. The zero-order valence-corrected chi connectivity index (χ0v) is 11.9. The average molecular weight is 275 g/mol. The van der Waals surface area contributed by atoms with E-state index in [1.54, 1.807) is 0 Å². The van der Waals surface area contributed by atoms with Crippen LogP contribution in [0.4, 0.5) is 10.1 Å². The molecule has 1 aliphatic rings. The number of carbonyl (C=O) groups is 1. The van der Waals surface area contributed by atoms with Crippen molar-refractivity contribution in [3.05, 3.63) is 29.6 Å². The lowest BCUT2D eigenvalue weighted by molar-refractivity contribution is -0.131. The Morgan fingerprint density at radius 3 is 2.70 bits per heavy atom. The van der Waals surface area contributed by atoms with Crippen LogP contribution in [0.3, 0.4) is 0 Å². The normalized spacial score (nSPS) is 19.1. The van der Waals surface area contributed by atoms with Crippen LogP contribution < -0.4 is 5.32 Å². The first-order valence-corrected chi connectivity index (χ1v) is 6.58. The fourth-order valence-corrected chi connectivity index (χ4v) is 2.41. The van der Waals surface area contributed by atoms with Gasteiger partial charge in [0, 0.05) is 18.5 Å². The molecule has 1 aromatic carbocycles. The van der Waals surface area contributed by atoms with Gasteiger partial charge in [0.2, 0.25) is 5.91 Å². The van der Waals surface area contributed by atoms with Crippen molar-refractivity contribution >= 4 is 11.6 Å². The van der Waals surface area contributed by atoms with Crippen molar-refractivity contribution in [3.63, 3.8) is 0 Å². The summed E-state index contributed by atoms with van der Waals surface area (Å²) in [4.78, 5) is 13.8. The van der Waals surface area contributed by atoms with Crippen LogP contribution in [-0.2, 0) is 4.79 Å². The Hall–Kier alpha value is -2.09. The first-order valence-electron chi connectivity index (χ1n) is 6.58. The van der Waals surface area contributed by atoms with E-state index in [1.165, 1.54) is 18.2 Å². The third-order valence-corrected chi connectivity index (χ3v) is 3.40. The summed E-state index contributed by atoms with van der Waals surface area (Å²) in [5.74, 6) is -0.346. The molecule has 0 radical (unpaired) electrons. The molecule has 1 aromatic rings. The van der Waals surface area contributed by atoms with Gasteiger partial charge in [0.1, 0.15) is 11.9 Å². The molecule has 0 spiro atoms. The van der Waals surface area contributed by atoms with Gasteiger partial charge >= 0.3 is 0 Å². The Morgan fingerprint density at radius 2 is 2.15 bits per heavy atom. The summed E-state index contributed by atoms with van der Waals surface area (Å²) in [7, 11) is 0. The molecular formula is C15H18FN3O. The number of hydrogen-bond acceptors (Lipinski definition) is 3. The van der Waals surface area contributed by atoms with E-state index in [1.807, 2.05) is 31.7 Å². The third kappa shape index (κ3) is 2.90. The highest BCUT2D eigenvalue weighted by Crippen LogP contribution is 2.25. The lowest BCUT2D eigenvalue weighted by atomic mass is 10.1. The molecule has 1 N–H and O–H groups in total. The summed E-state index contributed by atoms with van der Waals surface area (Å²) in [5, 5.41) is 12.2. The van der Waals surface area contributed by atoms with Crippen LogP contribution in [0.2, 0.25) is 0 Å². The summed E-state index contributed by atoms with van der Waals surface area (Å²) in [6, 6.07) is 5.95. The molecule has 1 atom stereocenters. The number of likely N-dealkylation sites (tertiary alicyclic amines) is 1. The molecule has 4 nitrogen and oxygen atoms in total. The van der Waals surface area contributed by atoms with Crippen molar-refractivity contribution in [1.29, 1.82) is 5.26 Å². The number of halogens is 1. The summed E-state index contributed by atoms with van der Waals surface area (Å²) in [5.41, 5.74) is 0.614. The van der Waals surface area contributed by atoms with Crippen LogP contribution in [0.15, 0.2) is 18.2 Å². The van der Waals surface area contributed by atoms with E-state index in [0.29, 0.717) is 18.7 Å². The number of hydrogen-bond donors (Lipinski definition) is 1. The van der Waals surface area contributed by atoms with Crippen molar-refractivity contribution in [1.82, 2.24) is 4.90 Å². The van der Waals surface area contributed by atoms with E-state index in [0.717, 1.165) is 0 Å². The van der Waals surface area contributed by atoms with E-state index in [2.05, 4.69) is 5.32 Å². The number of benzene rings is 1. The minimum absolute atomic E-state index is 0.0562. The van der Waals surface area contributed by atoms with E-state index in [9.17, 15) is 9.18 Å². The number of carbonyl (C=O) groups excluding carboxylic acids is 1. The van der Waals surface area contributed by atoms with Gasteiger partial charge in [-0.05, 0) is 39.0 Å². The minimum Gasteiger partial charge on any atom is -0.379 e. The number of nitrogens with zero attached hydrogens (tertiary/aromatic N) is 2. The molecule has 1 aliphatic heterocycles. The molecule has 106 valence electrons. The van der Waals surface area contributed by atoms with Crippen LogP contribution in [0.5, 0.6) is 0 Å². The molecular weight excluding hydrogens is 257 g/mol. The van der Waals surface area contributed by atoms with E-state index < -0.39 is 5.82 Å². The Morgan fingerprint density at radius 1 is 1.45 bits per heavy atom. The maximum Gasteiger partial charge on any atom is 0.225 e. The van der Waals surface area contributed by atoms with E-state index >= 15 is 0 Å². The van der Waals surface area contributed by atoms with Gasteiger partial charge in [-0.15, -0.1) is 0 Å². The summed E-state index contributed by atoms with van der Waals surface area (Å²) in [6.07, 6.45) is 0.388. The van der Waals surface area contributed by atoms with Crippen molar-refractivity contribution < 1.29 is 9.18 Å². The van der Waals surface area contributed by atoms with Crippen LogP contribution in [-0.4, -0.2) is 28.9 Å². The second kappa shape index (κ2) is 5.12. The van der Waals surface area contributed by atoms with Crippen LogP contribution >= 0.6 is 0 Å². The number of nitrogens with one attached hydrogen (secondary N) is 1. The lowest BCUT2D eigenvalue weighted by Crippen LogP contribution is -2.43. The number of anilines is 1. The van der Waals surface area contributed by atoms with Crippen LogP contribution in [0.1, 0.15) is 32.8 Å². The van der Waals surface area contributed by atoms with E-state index in [-0.39, 0.29) is 23.1 Å². The number of nitriles is 1. The summed E-state index contributed by atoms with van der Waals surface area (Å²) in [6.45, 7) is 6.56. The standard InChI is InChI=1S/C15H18FN3O/c1-15(2,3)19-9-12(7-14(19)20)18-13-5-4-11(16)6-10(13)8-17/h4-6,12,18H,7,9H2,1-3H3. The zero-order chi connectivity index (χ0) is 14.9. The molecule has 1 heterocycles.